The van der Waals surface area contributed by atoms with Gasteiger partial charge in [-0.3, -0.25) is 0 Å². The summed E-state index contributed by atoms with van der Waals surface area (Å²) in [5.41, 5.74) is 5.99. The lowest BCUT2D eigenvalue weighted by Gasteiger charge is -1.78. The third-order valence-corrected chi connectivity index (χ3v) is 0.381. The number of hydrogen-bond acceptors (Lipinski definition) is 1. The molecule has 0 aliphatic rings. The molecule has 36 valence electrons. The first-order valence-electron chi connectivity index (χ1n) is 1.82. The predicted octanol–water partition coefficient (Wildman–Crippen LogP) is 1.28. The standard InChI is InChI=1S/C5H9N.H2/c1-3-4-5(2)6;/h3-4H,1,6H2,2H3;1H/b5-4-;. The monoisotopic (exact) mass is 85.1 g/mol. The number of allylic oxidation sites excluding steroid dienone is 3. The third-order valence-electron chi connectivity index (χ3n) is 0.381. The molecule has 0 aliphatic carbocycles. The maximum Gasteiger partial charge on any atom is 0.00486 e. The van der Waals surface area contributed by atoms with E-state index in [-0.39, 0.29) is 1.43 Å². The van der Waals surface area contributed by atoms with E-state index >= 15 is 0 Å². The Morgan fingerprint density at radius 2 is 2.50 bits per heavy atom. The molecular weight excluding hydrogens is 74.1 g/mol. The summed E-state index contributed by atoms with van der Waals surface area (Å²) in [6.07, 6.45) is 3.41. The molecule has 6 heavy (non-hydrogen) atoms. The molecule has 0 aromatic carbocycles. The first-order chi connectivity index (χ1) is 2.77. The van der Waals surface area contributed by atoms with Gasteiger partial charge in [-0.1, -0.05) is 12.7 Å². The highest BCUT2D eigenvalue weighted by Crippen LogP contribution is 1.75. The molecule has 0 aromatic rings. The molecule has 0 atom stereocenters. The van der Waals surface area contributed by atoms with Gasteiger partial charge in [0.2, 0.25) is 0 Å². The van der Waals surface area contributed by atoms with E-state index in [1.165, 1.54) is 0 Å². The van der Waals surface area contributed by atoms with Gasteiger partial charge in [0.1, 0.15) is 0 Å². The Morgan fingerprint density at radius 3 is 2.50 bits per heavy atom. The maximum absolute atomic E-state index is 5.19. The molecule has 0 saturated carbocycles. The second kappa shape index (κ2) is 2.51. The van der Waals surface area contributed by atoms with E-state index in [1.807, 2.05) is 6.92 Å². The number of hydrogen-bond donors (Lipinski definition) is 1. The highest BCUT2D eigenvalue weighted by atomic mass is 14.5. The summed E-state index contributed by atoms with van der Waals surface area (Å²) in [5, 5.41) is 0. The Bertz CT molecular complexity index is 72.1. The fraction of sp³-hybridized carbons (Fsp3) is 0.200. The van der Waals surface area contributed by atoms with Crippen molar-refractivity contribution >= 4 is 0 Å². The maximum atomic E-state index is 5.19. The summed E-state index contributed by atoms with van der Waals surface area (Å²) in [7, 11) is 0. The minimum atomic E-state index is 0. The Labute approximate surface area is 39.6 Å². The highest BCUT2D eigenvalue weighted by Gasteiger charge is 1.63. The van der Waals surface area contributed by atoms with Crippen molar-refractivity contribution in [3.63, 3.8) is 0 Å². The van der Waals surface area contributed by atoms with E-state index in [0.717, 1.165) is 5.70 Å². The molecule has 0 radical (unpaired) electrons. The van der Waals surface area contributed by atoms with E-state index in [9.17, 15) is 0 Å². The number of nitrogens with two attached hydrogens (primary N) is 1. The summed E-state index contributed by atoms with van der Waals surface area (Å²) in [4.78, 5) is 0. The topological polar surface area (TPSA) is 26.0 Å². The summed E-state index contributed by atoms with van der Waals surface area (Å²) < 4.78 is 0. The third kappa shape index (κ3) is 3.28. The van der Waals surface area contributed by atoms with Crippen molar-refractivity contribution in [2.75, 3.05) is 0 Å². The second-order valence-electron chi connectivity index (χ2n) is 1.15. The van der Waals surface area contributed by atoms with Crippen LogP contribution in [0.2, 0.25) is 0 Å². The Kier molecular flexibility index (Phi) is 2.21. The van der Waals surface area contributed by atoms with Crippen LogP contribution in [-0.4, -0.2) is 0 Å². The fourth-order valence-corrected chi connectivity index (χ4v) is 0.186. The van der Waals surface area contributed by atoms with Crippen LogP contribution in [0.25, 0.3) is 0 Å². The molecule has 2 N–H and O–H groups in total. The van der Waals surface area contributed by atoms with Crippen molar-refractivity contribution < 1.29 is 1.43 Å². The van der Waals surface area contributed by atoms with Crippen LogP contribution in [0.15, 0.2) is 24.4 Å². The van der Waals surface area contributed by atoms with E-state index in [4.69, 9.17) is 5.73 Å². The molecule has 0 heterocycles. The van der Waals surface area contributed by atoms with Gasteiger partial charge in [0.05, 0.1) is 0 Å². The summed E-state index contributed by atoms with van der Waals surface area (Å²) >= 11 is 0. The minimum absolute atomic E-state index is 0. The van der Waals surface area contributed by atoms with Crippen LogP contribution in [0.5, 0.6) is 0 Å². The Morgan fingerprint density at radius 1 is 2.00 bits per heavy atom. The first-order valence-corrected chi connectivity index (χ1v) is 1.82. The average molecular weight is 85.1 g/mol. The van der Waals surface area contributed by atoms with Crippen molar-refractivity contribution in [2.45, 2.75) is 6.92 Å². The summed E-state index contributed by atoms with van der Waals surface area (Å²) in [6, 6.07) is 0. The molecule has 1 nitrogen and oxygen atoms in total. The van der Waals surface area contributed by atoms with Crippen LogP contribution in [0, 0.1) is 0 Å². The van der Waals surface area contributed by atoms with Gasteiger partial charge >= 0.3 is 0 Å². The van der Waals surface area contributed by atoms with Crippen molar-refractivity contribution in [3.05, 3.63) is 24.4 Å². The van der Waals surface area contributed by atoms with Crippen molar-refractivity contribution in [1.29, 1.82) is 0 Å². The van der Waals surface area contributed by atoms with E-state index in [2.05, 4.69) is 6.58 Å². The molecule has 0 aliphatic heterocycles. The van der Waals surface area contributed by atoms with Gasteiger partial charge in [-0.05, 0) is 13.0 Å². The molecule has 1 heteroatoms. The van der Waals surface area contributed by atoms with Gasteiger partial charge in [-0.2, -0.15) is 0 Å². The zero-order valence-electron chi connectivity index (χ0n) is 3.94. The molecule has 0 aromatic heterocycles. The second-order valence-corrected chi connectivity index (χ2v) is 1.15. The largest absolute Gasteiger partial charge is 0.402 e. The van der Waals surface area contributed by atoms with Gasteiger partial charge in [-0.15, -0.1) is 0 Å². The van der Waals surface area contributed by atoms with Gasteiger partial charge in [0.25, 0.3) is 0 Å². The quantitative estimate of drug-likeness (QED) is 0.477. The SMILES string of the molecule is C=C/C=C(/C)N.[HH]. The van der Waals surface area contributed by atoms with E-state index < -0.39 is 0 Å². The van der Waals surface area contributed by atoms with Gasteiger partial charge in [0, 0.05) is 7.12 Å². The van der Waals surface area contributed by atoms with Crippen molar-refractivity contribution in [3.8, 4) is 0 Å². The summed E-state index contributed by atoms with van der Waals surface area (Å²) in [5.74, 6) is 0. The van der Waals surface area contributed by atoms with E-state index in [1.54, 1.807) is 12.2 Å². The molecular formula is C5H11N. The van der Waals surface area contributed by atoms with Crippen molar-refractivity contribution in [1.82, 2.24) is 0 Å². The van der Waals surface area contributed by atoms with Crippen LogP contribution in [-0.2, 0) is 0 Å². The van der Waals surface area contributed by atoms with Crippen LogP contribution in [0.1, 0.15) is 8.35 Å². The zero-order chi connectivity index (χ0) is 4.99. The van der Waals surface area contributed by atoms with Crippen LogP contribution < -0.4 is 5.73 Å². The van der Waals surface area contributed by atoms with Gasteiger partial charge in [0.15, 0.2) is 0 Å². The van der Waals surface area contributed by atoms with Crippen molar-refractivity contribution in [2.24, 2.45) is 5.73 Å². The highest BCUT2D eigenvalue weighted by molar-refractivity contribution is 5.03. The molecule has 0 unspecified atom stereocenters. The molecule has 0 fully saturated rings. The lowest BCUT2D eigenvalue weighted by atomic mass is 10.4. The average Bonchev–Trinajstić information content (AvgIpc) is 1.35. The zero-order valence-corrected chi connectivity index (χ0v) is 3.94. The van der Waals surface area contributed by atoms with Gasteiger partial charge < -0.3 is 5.73 Å². The Balaban J connectivity index is 0. The lowest BCUT2D eigenvalue weighted by Crippen LogP contribution is -1.87. The molecule has 0 bridgehead atoms. The molecule has 0 saturated heterocycles. The van der Waals surface area contributed by atoms with Crippen LogP contribution in [0.3, 0.4) is 0 Å². The molecule has 0 spiro atoms. The van der Waals surface area contributed by atoms with Crippen LogP contribution >= 0.6 is 0 Å². The molecule has 0 rings (SSSR count). The smallest absolute Gasteiger partial charge is 0.00486 e. The Hall–Kier alpha value is -0.720. The summed E-state index contributed by atoms with van der Waals surface area (Å²) in [6.45, 7) is 5.27. The van der Waals surface area contributed by atoms with Crippen LogP contribution in [0.4, 0.5) is 0 Å². The molecule has 0 amide bonds. The minimum Gasteiger partial charge on any atom is -0.402 e. The van der Waals surface area contributed by atoms with Gasteiger partial charge in [-0.25, -0.2) is 0 Å². The fourth-order valence-electron chi connectivity index (χ4n) is 0.186. The predicted molar refractivity (Wildman–Crippen MR) is 30.3 cm³/mol. The lowest BCUT2D eigenvalue weighted by molar-refractivity contribution is 1.32. The first kappa shape index (κ1) is 5.28. The normalized spacial score (nSPS) is 11.2. The number of rotatable bonds is 1. The van der Waals surface area contributed by atoms with E-state index in [0.29, 0.717) is 0 Å².